The number of amides is 1. The van der Waals surface area contributed by atoms with Crippen molar-refractivity contribution < 1.29 is 62.2 Å². The largest absolute Gasteiger partial charge is 0.491 e. The summed E-state index contributed by atoms with van der Waals surface area (Å²) in [7, 11) is 0. The Hall–Kier alpha value is -4.90. The molecule has 4 aromatic carbocycles. The number of furan rings is 2. The first-order valence-electron chi connectivity index (χ1n) is 26.3. The van der Waals surface area contributed by atoms with Gasteiger partial charge in [0.05, 0.1) is 22.2 Å². The Morgan fingerprint density at radius 3 is 1.46 bits per heavy atom. The summed E-state index contributed by atoms with van der Waals surface area (Å²) in [6, 6.07) is 19.8. The van der Waals surface area contributed by atoms with Crippen molar-refractivity contribution in [2.75, 3.05) is 91.8 Å². The van der Waals surface area contributed by atoms with Gasteiger partial charge in [0, 0.05) is 54.5 Å². The number of carboxylic acids is 1. The van der Waals surface area contributed by atoms with Crippen molar-refractivity contribution in [3.63, 3.8) is 0 Å². The third kappa shape index (κ3) is 15.8. The minimum absolute atomic E-state index is 0. The summed E-state index contributed by atoms with van der Waals surface area (Å²) in [4.78, 5) is 32.2. The first kappa shape index (κ1) is 60.2. The molecule has 6 aromatic rings. The molecular weight excluding hydrogens is 1120 g/mol. The third-order valence-electron chi connectivity index (χ3n) is 14.4. The van der Waals surface area contributed by atoms with E-state index in [1.807, 2.05) is 17.0 Å². The van der Waals surface area contributed by atoms with E-state index >= 15 is 8.78 Å². The minimum atomic E-state index is -4.04. The molecule has 0 saturated carbocycles. The fourth-order valence-corrected chi connectivity index (χ4v) is 10.4. The summed E-state index contributed by atoms with van der Waals surface area (Å²) in [5, 5.41) is 34.7. The van der Waals surface area contributed by atoms with Gasteiger partial charge in [-0.05, 0) is 175 Å². The number of carbonyl (C=O) groups is 2. The fraction of sp³-hybridized carbons (Fsp3) is 0.464. The molecule has 0 bridgehead atoms. The van der Waals surface area contributed by atoms with Gasteiger partial charge in [0.2, 0.25) is 0 Å². The molecule has 10 rings (SSSR count). The van der Waals surface area contributed by atoms with Gasteiger partial charge in [-0.3, -0.25) is 14.6 Å². The van der Waals surface area contributed by atoms with Crippen molar-refractivity contribution in [3.8, 4) is 11.5 Å². The van der Waals surface area contributed by atoms with Crippen molar-refractivity contribution in [1.29, 1.82) is 0 Å². The van der Waals surface area contributed by atoms with Crippen LogP contribution in [0.1, 0.15) is 74.8 Å². The average molecular weight is 1190 g/mol. The van der Waals surface area contributed by atoms with Crippen LogP contribution in [0.15, 0.2) is 93.8 Å². The van der Waals surface area contributed by atoms with Crippen molar-refractivity contribution in [1.82, 2.24) is 24.9 Å². The first-order chi connectivity index (χ1) is 37.7. The van der Waals surface area contributed by atoms with Crippen LogP contribution in [0, 0.1) is 0 Å². The van der Waals surface area contributed by atoms with Gasteiger partial charge in [0.15, 0.2) is 11.5 Å². The molecule has 0 spiro atoms. The SMILES string of the molecule is N[C@H](CN1CCCC1)C(O)c1ccc(OCCN2CCC2)c(Cl)c1.O=C(N[C@H](CN1CCCC1)[C@H](O)c1ccc(OCCN2CCC2)c(Cl)c1)C(F)(F)c1cc2cc(Cl)ccc2o1.O=C(O)C(F)(F)c1cc2cc(Cl)ccc2o1.[3HH]. The Labute approximate surface area is 476 Å². The summed E-state index contributed by atoms with van der Waals surface area (Å²) in [5.74, 6) is -12.4. The number of carbonyl (C=O) groups excluding carboxylic acids is 1. The lowest BCUT2D eigenvalue weighted by Crippen LogP contribution is -2.50. The van der Waals surface area contributed by atoms with E-state index in [9.17, 15) is 28.6 Å². The number of aliphatic hydroxyl groups excluding tert-OH is 2. The number of nitrogens with one attached hydrogen (secondary N) is 1. The molecule has 4 aliphatic rings. The molecule has 4 saturated heterocycles. The lowest BCUT2D eigenvalue weighted by Gasteiger charge is -2.30. The van der Waals surface area contributed by atoms with E-state index in [-0.39, 0.29) is 25.2 Å². The van der Waals surface area contributed by atoms with Crippen LogP contribution in [0.4, 0.5) is 17.6 Å². The van der Waals surface area contributed by atoms with E-state index in [0.29, 0.717) is 67.7 Å². The molecular formula is C56H66Cl4F4N6O9. The highest BCUT2D eigenvalue weighted by molar-refractivity contribution is 6.32. The zero-order valence-corrected chi connectivity index (χ0v) is 46.2. The average Bonchev–Trinajstić information content (AvgIpc) is 4.25. The Balaban J connectivity index is 0.000000191. The molecule has 430 valence electrons. The highest BCUT2D eigenvalue weighted by Crippen LogP contribution is 2.37. The fourth-order valence-electron chi connectivity index (χ4n) is 9.54. The number of hydrogen-bond acceptors (Lipinski definition) is 13. The Morgan fingerprint density at radius 1 is 0.595 bits per heavy atom. The number of ether oxygens (including phenoxy) is 2. The molecule has 15 nitrogen and oxygen atoms in total. The van der Waals surface area contributed by atoms with Crippen LogP contribution in [0.3, 0.4) is 0 Å². The molecule has 1 amide bonds. The van der Waals surface area contributed by atoms with E-state index in [4.69, 9.17) is 75.6 Å². The molecule has 4 atom stereocenters. The maximum absolute atomic E-state index is 15.3. The van der Waals surface area contributed by atoms with Crippen LogP contribution in [-0.2, 0) is 21.4 Å². The minimum Gasteiger partial charge on any atom is -0.491 e. The zero-order chi connectivity index (χ0) is 56.4. The highest BCUT2D eigenvalue weighted by Gasteiger charge is 2.47. The third-order valence-corrected chi connectivity index (χ3v) is 15.4. The number of nitrogens with zero attached hydrogens (tertiary/aromatic N) is 4. The Kier molecular flexibility index (Phi) is 20.8. The predicted molar refractivity (Wildman–Crippen MR) is 297 cm³/mol. The standard InChI is InChI=1S/C28H31Cl2F2N3O4.C18H28ClN3O2.C10H5ClF2O3.H2/c29-20-5-7-23-19(14-20)16-25(39-23)28(31,32)27(37)33-22(17-35-8-1-2-9-35)26(36)18-4-6-24(21(30)15-18)38-13-12-34-10-3-11-34;19-15-12-14(18(23)16(20)13-22-6-1-2-7-22)4-5-17(15)24-11-10-21-8-3-9-21;11-6-1-2-7-5(3-6)4-8(16-7)10(12,13)9(14)15;/h4-7,14-16,22,26,36H,1-3,8-13,17H2,(H,33,37);4-5,12,16,18,23H,1-3,6-11,13,20H2;1-4H,(H,14,15);1H/t22-,26-;16-,18?;;/m11../s1/i;;;1+2. The smallest absolute Gasteiger partial charge is 0.399 e. The molecule has 23 heteroatoms. The second-order valence-electron chi connectivity index (χ2n) is 20.2. The van der Waals surface area contributed by atoms with Crippen molar-refractivity contribution in [2.45, 2.75) is 74.7 Å². The van der Waals surface area contributed by atoms with Crippen molar-refractivity contribution in [3.05, 3.63) is 128 Å². The van der Waals surface area contributed by atoms with Gasteiger partial charge < -0.3 is 54.5 Å². The van der Waals surface area contributed by atoms with Crippen molar-refractivity contribution >= 4 is 80.2 Å². The number of carboxylic acid groups (broad SMARTS) is 1. The van der Waals surface area contributed by atoms with Gasteiger partial charge in [0.1, 0.15) is 42.0 Å². The van der Waals surface area contributed by atoms with E-state index in [1.54, 1.807) is 24.3 Å². The molecule has 4 aliphatic heterocycles. The maximum atomic E-state index is 15.3. The summed E-state index contributed by atoms with van der Waals surface area (Å²) in [6.07, 6.45) is 4.85. The number of aliphatic carboxylic acids is 1. The van der Waals surface area contributed by atoms with Crippen molar-refractivity contribution in [2.24, 2.45) is 5.73 Å². The number of alkyl halides is 4. The second kappa shape index (κ2) is 27.2. The number of benzene rings is 4. The van der Waals surface area contributed by atoms with Gasteiger partial charge in [-0.15, -0.1) is 0 Å². The van der Waals surface area contributed by atoms with E-state index in [0.717, 1.165) is 96.0 Å². The van der Waals surface area contributed by atoms with Crippen LogP contribution in [0.5, 0.6) is 11.5 Å². The number of hydrogen-bond donors (Lipinski definition) is 5. The molecule has 0 aliphatic carbocycles. The lowest BCUT2D eigenvalue weighted by atomic mass is 10.0. The first-order valence-corrected chi connectivity index (χ1v) is 27.8. The van der Waals surface area contributed by atoms with Gasteiger partial charge in [-0.1, -0.05) is 58.5 Å². The number of fused-ring (bicyclic) bond motifs is 2. The second-order valence-corrected chi connectivity index (χ2v) is 21.8. The van der Waals surface area contributed by atoms with Gasteiger partial charge in [-0.2, -0.15) is 17.6 Å². The Bertz CT molecular complexity index is 3010. The lowest BCUT2D eigenvalue weighted by molar-refractivity contribution is -0.168. The molecule has 79 heavy (non-hydrogen) atoms. The quantitative estimate of drug-likeness (QED) is 0.0428. The zero-order valence-electron chi connectivity index (χ0n) is 43.2. The van der Waals surface area contributed by atoms with Gasteiger partial charge in [-0.25, -0.2) is 4.79 Å². The maximum Gasteiger partial charge on any atom is 0.399 e. The molecule has 6 heterocycles. The summed E-state index contributed by atoms with van der Waals surface area (Å²) >= 11 is 24.4. The normalized spacial score (nSPS) is 17.9. The number of rotatable bonds is 21. The number of halogens is 8. The number of aliphatic hydroxyl groups is 2. The van der Waals surface area contributed by atoms with E-state index in [1.165, 1.54) is 62.1 Å². The summed E-state index contributed by atoms with van der Waals surface area (Å²) in [5.41, 5.74) is 7.68. The van der Waals surface area contributed by atoms with Gasteiger partial charge in [0.25, 0.3) is 5.91 Å². The monoisotopic (exact) mass is 1180 g/mol. The Morgan fingerprint density at radius 2 is 1.03 bits per heavy atom. The number of likely N-dealkylation sites (tertiary alicyclic amines) is 4. The van der Waals surface area contributed by atoms with E-state index in [2.05, 4.69) is 20.0 Å². The summed E-state index contributed by atoms with van der Waals surface area (Å²) < 4.78 is 78.3. The number of nitrogens with two attached hydrogens (primary N) is 1. The topological polar surface area (TPSA) is 191 Å². The van der Waals surface area contributed by atoms with Crippen LogP contribution in [-0.4, -0.2) is 151 Å². The van der Waals surface area contributed by atoms with Gasteiger partial charge >= 0.3 is 17.8 Å². The van der Waals surface area contributed by atoms with Crippen LogP contribution < -0.4 is 20.5 Å². The predicted octanol–water partition coefficient (Wildman–Crippen LogP) is 10.6. The highest BCUT2D eigenvalue weighted by atomic mass is 35.5. The molecule has 1 unspecified atom stereocenters. The summed E-state index contributed by atoms with van der Waals surface area (Å²) in [6.45, 7) is 11.9. The van der Waals surface area contributed by atoms with Crippen LogP contribution in [0.2, 0.25) is 20.1 Å². The molecule has 2 aromatic heterocycles. The van der Waals surface area contributed by atoms with Crippen LogP contribution in [0.25, 0.3) is 21.9 Å². The van der Waals surface area contributed by atoms with Crippen LogP contribution >= 0.6 is 46.4 Å². The van der Waals surface area contributed by atoms with E-state index < -0.39 is 53.5 Å². The molecule has 6 N–H and O–H groups in total. The molecule has 0 radical (unpaired) electrons. The molecule has 4 fully saturated rings.